The normalized spacial score (nSPS) is 28.9. The molecule has 2 heterocycles. The van der Waals surface area contributed by atoms with Crippen LogP contribution in [0.15, 0.2) is 0 Å². The zero-order chi connectivity index (χ0) is 12.4. The van der Waals surface area contributed by atoms with Crippen LogP contribution in [0.5, 0.6) is 0 Å². The number of nitrogens with zero attached hydrogens (tertiary/aromatic N) is 1. The summed E-state index contributed by atoms with van der Waals surface area (Å²) < 4.78 is 5.62. The number of aliphatic carboxylic acids is 1. The van der Waals surface area contributed by atoms with Gasteiger partial charge in [0.15, 0.2) is 0 Å². The average molecular weight is 242 g/mol. The first-order valence-corrected chi connectivity index (χ1v) is 6.04. The van der Waals surface area contributed by atoms with Crippen molar-refractivity contribution in [3.8, 4) is 0 Å². The lowest BCUT2D eigenvalue weighted by atomic mass is 10.2. The number of hydrogen-bond acceptors (Lipinski definition) is 3. The van der Waals surface area contributed by atoms with Crippen LogP contribution in [-0.4, -0.2) is 53.3 Å². The molecule has 2 aliphatic rings. The molecule has 2 N–H and O–H groups in total. The Bertz CT molecular complexity index is 309. The first-order valence-electron chi connectivity index (χ1n) is 6.04. The predicted molar refractivity (Wildman–Crippen MR) is 59.7 cm³/mol. The van der Waals surface area contributed by atoms with Gasteiger partial charge in [0.2, 0.25) is 0 Å². The molecule has 3 unspecified atom stereocenters. The molecule has 2 bridgehead atoms. The molecule has 17 heavy (non-hydrogen) atoms. The third kappa shape index (κ3) is 2.69. The maximum absolute atomic E-state index is 11.9. The van der Waals surface area contributed by atoms with E-state index in [0.29, 0.717) is 19.5 Å². The van der Waals surface area contributed by atoms with Crippen LogP contribution in [0.1, 0.15) is 26.2 Å². The summed E-state index contributed by atoms with van der Waals surface area (Å²) in [7, 11) is 0. The van der Waals surface area contributed by atoms with E-state index >= 15 is 0 Å². The van der Waals surface area contributed by atoms with Crippen LogP contribution in [-0.2, 0) is 9.53 Å². The maximum Gasteiger partial charge on any atom is 0.326 e. The van der Waals surface area contributed by atoms with E-state index in [4.69, 9.17) is 9.84 Å². The van der Waals surface area contributed by atoms with Crippen LogP contribution < -0.4 is 5.32 Å². The SMILES string of the molecule is CCC(NC(=O)N1CC2CCC(C1)O2)C(=O)O. The Kier molecular flexibility index (Phi) is 3.51. The molecule has 2 saturated heterocycles. The monoisotopic (exact) mass is 242 g/mol. The van der Waals surface area contributed by atoms with Crippen LogP contribution in [0, 0.1) is 0 Å². The smallest absolute Gasteiger partial charge is 0.326 e. The Balaban J connectivity index is 1.89. The lowest BCUT2D eigenvalue weighted by Crippen LogP contribution is -2.53. The number of fused-ring (bicyclic) bond motifs is 2. The van der Waals surface area contributed by atoms with Gasteiger partial charge in [-0.25, -0.2) is 9.59 Å². The van der Waals surface area contributed by atoms with Gasteiger partial charge in [0.25, 0.3) is 0 Å². The highest BCUT2D eigenvalue weighted by Crippen LogP contribution is 2.26. The highest BCUT2D eigenvalue weighted by atomic mass is 16.5. The molecule has 96 valence electrons. The number of rotatable bonds is 3. The number of hydrogen-bond donors (Lipinski definition) is 2. The summed E-state index contributed by atoms with van der Waals surface area (Å²) in [5.74, 6) is -0.989. The molecular weight excluding hydrogens is 224 g/mol. The molecule has 0 spiro atoms. The molecular formula is C11H18N2O4. The molecule has 0 saturated carbocycles. The topological polar surface area (TPSA) is 78.9 Å². The number of morpholine rings is 1. The van der Waals surface area contributed by atoms with Gasteiger partial charge in [0.05, 0.1) is 12.2 Å². The number of carbonyl (C=O) groups excluding carboxylic acids is 1. The molecule has 2 amide bonds. The van der Waals surface area contributed by atoms with Crippen LogP contribution >= 0.6 is 0 Å². The van der Waals surface area contributed by atoms with Crippen LogP contribution in [0.2, 0.25) is 0 Å². The van der Waals surface area contributed by atoms with Crippen molar-refractivity contribution in [2.45, 2.75) is 44.4 Å². The number of carbonyl (C=O) groups is 2. The van der Waals surface area contributed by atoms with Gasteiger partial charge in [-0.3, -0.25) is 0 Å². The third-order valence-electron chi connectivity index (χ3n) is 3.33. The zero-order valence-corrected chi connectivity index (χ0v) is 9.89. The van der Waals surface area contributed by atoms with Crippen LogP contribution in [0.4, 0.5) is 4.79 Å². The Labute approximate surface area is 99.9 Å². The van der Waals surface area contributed by atoms with Gasteiger partial charge in [-0.2, -0.15) is 0 Å². The van der Waals surface area contributed by atoms with Crippen LogP contribution in [0.25, 0.3) is 0 Å². The van der Waals surface area contributed by atoms with E-state index in [9.17, 15) is 9.59 Å². The van der Waals surface area contributed by atoms with Gasteiger partial charge in [-0.05, 0) is 19.3 Å². The number of likely N-dealkylation sites (tertiary alicyclic amines) is 1. The standard InChI is InChI=1S/C11H18N2O4/c1-2-9(10(14)15)12-11(16)13-5-7-3-4-8(6-13)17-7/h7-9H,2-6H2,1H3,(H,12,16)(H,14,15). The van der Waals surface area contributed by atoms with E-state index in [-0.39, 0.29) is 18.2 Å². The Hall–Kier alpha value is -1.30. The molecule has 2 aliphatic heterocycles. The summed E-state index contributed by atoms with van der Waals surface area (Å²) >= 11 is 0. The molecule has 3 atom stereocenters. The number of carboxylic acids is 1. The number of carboxylic acid groups (broad SMARTS) is 1. The third-order valence-corrected chi connectivity index (χ3v) is 3.33. The van der Waals surface area contributed by atoms with Gasteiger partial charge in [-0.1, -0.05) is 6.92 Å². The number of amides is 2. The second-order valence-electron chi connectivity index (χ2n) is 4.61. The second kappa shape index (κ2) is 4.91. The first-order chi connectivity index (χ1) is 8.10. The van der Waals surface area contributed by atoms with Crippen molar-refractivity contribution in [2.24, 2.45) is 0 Å². The van der Waals surface area contributed by atoms with E-state index < -0.39 is 12.0 Å². The summed E-state index contributed by atoms with van der Waals surface area (Å²) in [6.45, 7) is 2.87. The molecule has 0 aliphatic carbocycles. The Morgan fingerprint density at radius 1 is 1.41 bits per heavy atom. The molecule has 0 aromatic rings. The highest BCUT2D eigenvalue weighted by Gasteiger charge is 2.36. The fraction of sp³-hybridized carbons (Fsp3) is 0.818. The van der Waals surface area contributed by atoms with E-state index in [0.717, 1.165) is 12.8 Å². The molecule has 0 aromatic carbocycles. The summed E-state index contributed by atoms with van der Waals surface area (Å²) in [5.41, 5.74) is 0. The minimum Gasteiger partial charge on any atom is -0.480 e. The number of nitrogens with one attached hydrogen (secondary N) is 1. The lowest BCUT2D eigenvalue weighted by molar-refractivity contribution is -0.139. The highest BCUT2D eigenvalue weighted by molar-refractivity contribution is 5.82. The van der Waals surface area contributed by atoms with Crippen molar-refractivity contribution in [2.75, 3.05) is 13.1 Å². The van der Waals surface area contributed by atoms with Gasteiger partial charge < -0.3 is 20.1 Å². The number of urea groups is 1. The largest absolute Gasteiger partial charge is 0.480 e. The molecule has 2 rings (SSSR count). The summed E-state index contributed by atoms with van der Waals surface area (Å²) in [4.78, 5) is 24.4. The minimum atomic E-state index is -0.989. The average Bonchev–Trinajstić information content (AvgIpc) is 2.64. The van der Waals surface area contributed by atoms with Gasteiger partial charge >= 0.3 is 12.0 Å². The fourth-order valence-corrected chi connectivity index (χ4v) is 2.36. The van der Waals surface area contributed by atoms with E-state index in [1.165, 1.54) is 0 Å². The van der Waals surface area contributed by atoms with E-state index in [1.54, 1.807) is 11.8 Å². The molecule has 0 aromatic heterocycles. The summed E-state index contributed by atoms with van der Waals surface area (Å²) in [6.07, 6.45) is 2.63. The summed E-state index contributed by atoms with van der Waals surface area (Å²) in [5, 5.41) is 11.4. The van der Waals surface area contributed by atoms with E-state index in [1.807, 2.05) is 0 Å². The Morgan fingerprint density at radius 2 is 2.00 bits per heavy atom. The minimum absolute atomic E-state index is 0.129. The summed E-state index contributed by atoms with van der Waals surface area (Å²) in [6, 6.07) is -1.09. The van der Waals surface area contributed by atoms with Crippen molar-refractivity contribution in [1.82, 2.24) is 10.2 Å². The van der Waals surface area contributed by atoms with Crippen molar-refractivity contribution < 1.29 is 19.4 Å². The van der Waals surface area contributed by atoms with Gasteiger partial charge in [0.1, 0.15) is 6.04 Å². The van der Waals surface area contributed by atoms with Gasteiger partial charge in [-0.15, -0.1) is 0 Å². The van der Waals surface area contributed by atoms with Crippen LogP contribution in [0.3, 0.4) is 0 Å². The zero-order valence-electron chi connectivity index (χ0n) is 9.89. The van der Waals surface area contributed by atoms with Gasteiger partial charge in [0, 0.05) is 13.1 Å². The van der Waals surface area contributed by atoms with Crippen molar-refractivity contribution in [3.63, 3.8) is 0 Å². The fourth-order valence-electron chi connectivity index (χ4n) is 2.36. The van der Waals surface area contributed by atoms with Crippen molar-refractivity contribution >= 4 is 12.0 Å². The van der Waals surface area contributed by atoms with Crippen molar-refractivity contribution in [3.05, 3.63) is 0 Å². The predicted octanol–water partition coefficient (Wildman–Crippen LogP) is 0.422. The lowest BCUT2D eigenvalue weighted by Gasteiger charge is -2.32. The first kappa shape index (κ1) is 12.2. The maximum atomic E-state index is 11.9. The molecule has 6 nitrogen and oxygen atoms in total. The molecule has 6 heteroatoms. The quantitative estimate of drug-likeness (QED) is 0.752. The Morgan fingerprint density at radius 3 is 2.47 bits per heavy atom. The number of ether oxygens (including phenoxy) is 1. The molecule has 2 fully saturated rings. The second-order valence-corrected chi connectivity index (χ2v) is 4.61. The van der Waals surface area contributed by atoms with Crippen molar-refractivity contribution in [1.29, 1.82) is 0 Å². The van der Waals surface area contributed by atoms with E-state index in [2.05, 4.69) is 5.32 Å². The molecule has 0 radical (unpaired) electrons.